The first-order chi connectivity index (χ1) is 13.5. The zero-order chi connectivity index (χ0) is 19.9. The lowest BCUT2D eigenvalue weighted by Gasteiger charge is -2.49. The topological polar surface area (TPSA) is 18.5 Å². The van der Waals surface area contributed by atoms with Crippen LogP contribution in [0.1, 0.15) is 68.9 Å². The monoisotopic (exact) mass is 378 g/mol. The minimum absolute atomic E-state index is 0.252. The van der Waals surface area contributed by atoms with Crippen molar-refractivity contribution in [2.75, 3.05) is 0 Å². The second kappa shape index (κ2) is 7.65. The summed E-state index contributed by atoms with van der Waals surface area (Å²) < 4.78 is 13.1. The molecule has 0 radical (unpaired) electrons. The molecule has 0 saturated carbocycles. The molecule has 0 N–H and O–H groups in total. The highest BCUT2D eigenvalue weighted by Gasteiger charge is 2.54. The highest BCUT2D eigenvalue weighted by atomic mass is 16.7. The minimum atomic E-state index is -0.579. The van der Waals surface area contributed by atoms with Crippen LogP contribution in [0.25, 0.3) is 0 Å². The largest absolute Gasteiger partial charge is 0.342 e. The van der Waals surface area contributed by atoms with E-state index in [1.54, 1.807) is 0 Å². The normalized spacial score (nSPS) is 31.9. The summed E-state index contributed by atoms with van der Waals surface area (Å²) in [5.74, 6) is 0.878. The maximum atomic E-state index is 6.72. The van der Waals surface area contributed by atoms with Crippen LogP contribution in [0, 0.1) is 17.8 Å². The lowest BCUT2D eigenvalue weighted by Crippen LogP contribution is -2.51. The van der Waals surface area contributed by atoms with Gasteiger partial charge in [-0.2, -0.15) is 0 Å². The molecule has 5 atom stereocenters. The Morgan fingerprint density at radius 2 is 1.57 bits per heavy atom. The molecule has 2 heteroatoms. The first-order valence-corrected chi connectivity index (χ1v) is 11.0. The van der Waals surface area contributed by atoms with Crippen LogP contribution in [0.15, 0.2) is 42.5 Å². The lowest BCUT2D eigenvalue weighted by molar-refractivity contribution is -0.331. The summed E-state index contributed by atoms with van der Waals surface area (Å²) in [7, 11) is 0. The molecule has 0 bridgehead atoms. The number of benzene rings is 2. The zero-order valence-corrected chi connectivity index (χ0v) is 18.0. The van der Waals surface area contributed by atoms with Crippen molar-refractivity contribution in [3.63, 3.8) is 0 Å². The molecule has 5 unspecified atom stereocenters. The van der Waals surface area contributed by atoms with E-state index >= 15 is 0 Å². The summed E-state index contributed by atoms with van der Waals surface area (Å²) in [4.78, 5) is 0. The summed E-state index contributed by atoms with van der Waals surface area (Å²) >= 11 is 0. The van der Waals surface area contributed by atoms with E-state index in [1.165, 1.54) is 27.8 Å². The van der Waals surface area contributed by atoms with Gasteiger partial charge in [-0.3, -0.25) is 0 Å². The molecule has 150 valence electrons. The van der Waals surface area contributed by atoms with Gasteiger partial charge in [0.05, 0.1) is 12.7 Å². The third-order valence-corrected chi connectivity index (χ3v) is 7.36. The fraction of sp³-hybridized carbons (Fsp3) is 0.538. The van der Waals surface area contributed by atoms with Crippen molar-refractivity contribution >= 4 is 0 Å². The van der Waals surface area contributed by atoms with Crippen molar-refractivity contribution in [2.24, 2.45) is 17.8 Å². The first kappa shape index (κ1) is 19.7. The molecule has 1 fully saturated rings. The van der Waals surface area contributed by atoms with Crippen molar-refractivity contribution < 1.29 is 9.47 Å². The molecule has 2 aliphatic heterocycles. The van der Waals surface area contributed by atoms with Gasteiger partial charge in [0.25, 0.3) is 0 Å². The number of hydrogen-bond donors (Lipinski definition) is 0. The van der Waals surface area contributed by atoms with E-state index in [-0.39, 0.29) is 6.10 Å². The van der Waals surface area contributed by atoms with Gasteiger partial charge in [-0.05, 0) is 59.4 Å². The van der Waals surface area contributed by atoms with E-state index in [0.717, 1.165) is 19.3 Å². The predicted molar refractivity (Wildman–Crippen MR) is 114 cm³/mol. The molecule has 2 nitrogen and oxygen atoms in total. The first-order valence-electron chi connectivity index (χ1n) is 11.0. The summed E-state index contributed by atoms with van der Waals surface area (Å²) in [6.07, 6.45) is 3.32. The summed E-state index contributed by atoms with van der Waals surface area (Å²) in [6, 6.07) is 15.9. The van der Waals surface area contributed by atoms with Crippen LogP contribution < -0.4 is 0 Å². The van der Waals surface area contributed by atoms with Crippen molar-refractivity contribution in [2.45, 2.75) is 72.4 Å². The van der Waals surface area contributed by atoms with Crippen molar-refractivity contribution in [1.29, 1.82) is 0 Å². The van der Waals surface area contributed by atoms with E-state index in [2.05, 4.69) is 77.1 Å². The number of rotatable bonds is 4. The van der Waals surface area contributed by atoms with Gasteiger partial charge in [0, 0.05) is 11.5 Å². The molecular weight excluding hydrogens is 344 g/mol. The minimum Gasteiger partial charge on any atom is -0.342 e. The Kier molecular flexibility index (Phi) is 5.37. The van der Waals surface area contributed by atoms with E-state index in [9.17, 15) is 0 Å². The molecule has 2 aromatic carbocycles. The van der Waals surface area contributed by atoms with Gasteiger partial charge in [0.1, 0.15) is 0 Å². The van der Waals surface area contributed by atoms with Crippen molar-refractivity contribution in [3.05, 3.63) is 70.3 Å². The smallest absolute Gasteiger partial charge is 0.198 e. The van der Waals surface area contributed by atoms with Gasteiger partial charge in [-0.1, -0.05) is 71.0 Å². The Balaban J connectivity index is 1.66. The zero-order valence-electron chi connectivity index (χ0n) is 18.0. The quantitative estimate of drug-likeness (QED) is 0.627. The van der Waals surface area contributed by atoms with Crippen LogP contribution in [0.3, 0.4) is 0 Å². The fourth-order valence-corrected chi connectivity index (χ4v) is 5.08. The van der Waals surface area contributed by atoms with Crippen LogP contribution in [0.4, 0.5) is 0 Å². The Morgan fingerprint density at radius 3 is 2.25 bits per heavy atom. The molecule has 0 aromatic heterocycles. The van der Waals surface area contributed by atoms with E-state index in [0.29, 0.717) is 24.4 Å². The molecule has 2 aliphatic rings. The van der Waals surface area contributed by atoms with Crippen molar-refractivity contribution in [3.8, 4) is 0 Å². The van der Waals surface area contributed by atoms with Gasteiger partial charge < -0.3 is 9.47 Å². The molecule has 2 heterocycles. The molecule has 1 spiro atoms. The maximum Gasteiger partial charge on any atom is 0.198 e. The Labute approximate surface area is 170 Å². The maximum absolute atomic E-state index is 6.72. The van der Waals surface area contributed by atoms with Crippen LogP contribution in [-0.2, 0) is 34.7 Å². The Bertz CT molecular complexity index is 823. The second-order valence-electron chi connectivity index (χ2n) is 8.87. The van der Waals surface area contributed by atoms with Gasteiger partial charge in [-0.15, -0.1) is 0 Å². The van der Waals surface area contributed by atoms with Crippen LogP contribution in [-0.4, -0.2) is 6.10 Å². The lowest BCUT2D eigenvalue weighted by atomic mass is 9.72. The fourth-order valence-electron chi connectivity index (χ4n) is 5.08. The molecular formula is C26H34O2. The average Bonchev–Trinajstić information content (AvgIpc) is 3.08. The Morgan fingerprint density at radius 1 is 0.893 bits per heavy atom. The molecule has 28 heavy (non-hydrogen) atoms. The second-order valence-corrected chi connectivity index (χ2v) is 8.87. The SMILES string of the molecule is CCc1ccc(Cc2ccc3c(c2)C2(OC3)OC(CC)C(C)C(C)C2C)cc1. The highest BCUT2D eigenvalue weighted by Crippen LogP contribution is 2.52. The predicted octanol–water partition coefficient (Wildman–Crippen LogP) is 6.24. The molecule has 0 aliphatic carbocycles. The highest BCUT2D eigenvalue weighted by molar-refractivity contribution is 5.40. The average molecular weight is 379 g/mol. The Hall–Kier alpha value is -1.64. The summed E-state index contributed by atoms with van der Waals surface area (Å²) in [5.41, 5.74) is 6.63. The van der Waals surface area contributed by atoms with Crippen molar-refractivity contribution in [1.82, 2.24) is 0 Å². The van der Waals surface area contributed by atoms with Gasteiger partial charge in [0.15, 0.2) is 5.79 Å². The standard InChI is InChI=1S/C26H34O2/c1-6-20-8-10-21(11-9-20)14-22-12-13-23-16-27-26(24(23)15-22)19(5)17(3)18(4)25(7-2)28-26/h8-13,15,17-19,25H,6-7,14,16H2,1-5H3. The van der Waals surface area contributed by atoms with E-state index in [4.69, 9.17) is 9.47 Å². The van der Waals surface area contributed by atoms with Crippen LogP contribution in [0.2, 0.25) is 0 Å². The number of aryl methyl sites for hydroxylation is 1. The van der Waals surface area contributed by atoms with Crippen LogP contribution in [0.5, 0.6) is 0 Å². The van der Waals surface area contributed by atoms with Gasteiger partial charge in [-0.25, -0.2) is 0 Å². The number of ether oxygens (including phenoxy) is 2. The summed E-state index contributed by atoms with van der Waals surface area (Å²) in [6.45, 7) is 12.1. The van der Waals surface area contributed by atoms with E-state index in [1.807, 2.05) is 0 Å². The molecule has 2 aromatic rings. The van der Waals surface area contributed by atoms with Gasteiger partial charge in [0.2, 0.25) is 0 Å². The number of fused-ring (bicyclic) bond motifs is 2. The molecule has 0 amide bonds. The third kappa shape index (κ3) is 3.21. The van der Waals surface area contributed by atoms with E-state index < -0.39 is 5.79 Å². The molecule has 1 saturated heterocycles. The van der Waals surface area contributed by atoms with Crippen LogP contribution >= 0.6 is 0 Å². The van der Waals surface area contributed by atoms with Gasteiger partial charge >= 0.3 is 0 Å². The number of hydrogen-bond acceptors (Lipinski definition) is 2. The summed E-state index contributed by atoms with van der Waals surface area (Å²) in [5, 5.41) is 0. The third-order valence-electron chi connectivity index (χ3n) is 7.36. The molecule has 4 rings (SSSR count).